The molecule has 0 aliphatic carbocycles. The number of aryl methyl sites for hydroxylation is 1. The van der Waals surface area contributed by atoms with Gasteiger partial charge in [0.15, 0.2) is 5.76 Å². The van der Waals surface area contributed by atoms with Crippen LogP contribution in [0.15, 0.2) is 62.8 Å². The summed E-state index contributed by atoms with van der Waals surface area (Å²) in [5.41, 5.74) is 0.326. The number of carbonyl (C=O) groups excluding carboxylic acids is 1. The Morgan fingerprint density at radius 3 is 2.76 bits per heavy atom. The maximum atomic E-state index is 11.8. The van der Waals surface area contributed by atoms with E-state index in [9.17, 15) is 14.4 Å². The van der Waals surface area contributed by atoms with Gasteiger partial charge in [0.2, 0.25) is 0 Å². The molecular formula is C17H15N3O5. The lowest BCUT2D eigenvalue weighted by Crippen LogP contribution is -2.29. The van der Waals surface area contributed by atoms with Gasteiger partial charge in [-0.15, -0.1) is 0 Å². The van der Waals surface area contributed by atoms with E-state index in [0.717, 1.165) is 5.56 Å². The van der Waals surface area contributed by atoms with Crippen molar-refractivity contribution in [3.8, 4) is 11.3 Å². The van der Waals surface area contributed by atoms with Crippen molar-refractivity contribution in [2.24, 2.45) is 0 Å². The first-order valence-corrected chi connectivity index (χ1v) is 7.58. The largest absolute Gasteiger partial charge is 0.459 e. The summed E-state index contributed by atoms with van der Waals surface area (Å²) in [7, 11) is 0. The second-order valence-corrected chi connectivity index (χ2v) is 5.26. The molecule has 0 aliphatic heterocycles. The number of ether oxygens (including phenoxy) is 1. The first-order valence-electron chi connectivity index (χ1n) is 7.58. The smallest absolute Gasteiger partial charge is 0.328 e. The van der Waals surface area contributed by atoms with Crippen molar-refractivity contribution in [2.75, 3.05) is 0 Å². The molecule has 0 unspecified atom stereocenters. The molecule has 25 heavy (non-hydrogen) atoms. The summed E-state index contributed by atoms with van der Waals surface area (Å²) in [5.74, 6) is 0.105. The number of nitrogens with zero attached hydrogens (tertiary/aromatic N) is 2. The van der Waals surface area contributed by atoms with Gasteiger partial charge in [0.1, 0.15) is 12.3 Å². The third-order valence-electron chi connectivity index (χ3n) is 3.45. The molecule has 8 nitrogen and oxygen atoms in total. The van der Waals surface area contributed by atoms with E-state index in [0.29, 0.717) is 11.5 Å². The molecule has 0 saturated carbocycles. The highest BCUT2D eigenvalue weighted by Gasteiger charge is 2.10. The van der Waals surface area contributed by atoms with E-state index >= 15 is 0 Å². The summed E-state index contributed by atoms with van der Waals surface area (Å²) in [5, 5.41) is 3.86. The minimum Gasteiger partial charge on any atom is -0.459 e. The van der Waals surface area contributed by atoms with Crippen LogP contribution in [-0.4, -0.2) is 20.7 Å². The molecule has 128 valence electrons. The van der Waals surface area contributed by atoms with Crippen LogP contribution >= 0.6 is 0 Å². The van der Waals surface area contributed by atoms with Crippen LogP contribution < -0.4 is 11.2 Å². The quantitative estimate of drug-likeness (QED) is 0.678. The Balaban J connectivity index is 1.52. The fourth-order valence-electron chi connectivity index (χ4n) is 2.18. The number of rotatable bonds is 6. The molecule has 0 saturated heterocycles. The molecule has 0 fully saturated rings. The number of aromatic amines is 1. The van der Waals surface area contributed by atoms with Crippen LogP contribution in [0, 0.1) is 0 Å². The monoisotopic (exact) mass is 341 g/mol. The Morgan fingerprint density at radius 2 is 2.00 bits per heavy atom. The summed E-state index contributed by atoms with van der Waals surface area (Å²) in [4.78, 5) is 36.4. The lowest BCUT2D eigenvalue weighted by molar-refractivity contribution is -0.145. The van der Waals surface area contributed by atoms with E-state index in [2.05, 4.69) is 10.1 Å². The Bertz CT molecular complexity index is 971. The first-order chi connectivity index (χ1) is 12.1. The lowest BCUT2D eigenvalue weighted by Gasteiger charge is -2.04. The zero-order valence-corrected chi connectivity index (χ0v) is 13.2. The van der Waals surface area contributed by atoms with Gasteiger partial charge in [-0.3, -0.25) is 14.6 Å². The van der Waals surface area contributed by atoms with E-state index in [1.165, 1.54) is 16.8 Å². The number of hydrogen-bond acceptors (Lipinski definition) is 6. The van der Waals surface area contributed by atoms with Crippen molar-refractivity contribution in [2.45, 2.75) is 19.6 Å². The average molecular weight is 341 g/mol. The van der Waals surface area contributed by atoms with Gasteiger partial charge >= 0.3 is 11.7 Å². The number of nitrogens with one attached hydrogen (secondary N) is 1. The number of esters is 1. The van der Waals surface area contributed by atoms with Crippen molar-refractivity contribution in [3.05, 3.63) is 75.2 Å². The van der Waals surface area contributed by atoms with Crippen molar-refractivity contribution in [1.82, 2.24) is 14.7 Å². The van der Waals surface area contributed by atoms with Crippen LogP contribution in [0.3, 0.4) is 0 Å². The predicted molar refractivity (Wildman–Crippen MR) is 87.7 cm³/mol. The summed E-state index contributed by atoms with van der Waals surface area (Å²) < 4.78 is 11.6. The lowest BCUT2D eigenvalue weighted by atomic mass is 10.2. The van der Waals surface area contributed by atoms with Gasteiger partial charge in [0.05, 0.1) is 6.42 Å². The van der Waals surface area contributed by atoms with Crippen LogP contribution in [0.4, 0.5) is 0 Å². The van der Waals surface area contributed by atoms with Gasteiger partial charge in [-0.05, 0) is 0 Å². The Hall–Kier alpha value is -3.42. The summed E-state index contributed by atoms with van der Waals surface area (Å²) in [6, 6.07) is 12.4. The number of H-pyrrole nitrogens is 1. The standard InChI is InChI=1S/C17H15N3O5/c21-15-6-8-20(17(23)18-15)9-7-16(22)24-11-13-10-14(25-19-13)12-4-2-1-3-5-12/h1-6,8,10H,7,9,11H2,(H,18,21,23). The molecule has 2 heterocycles. The SMILES string of the molecule is O=C(CCn1ccc(=O)[nH]c1=O)OCc1cc(-c2ccccc2)on1. The van der Waals surface area contributed by atoms with Crippen LogP contribution in [0.5, 0.6) is 0 Å². The first kappa shape index (κ1) is 16.4. The van der Waals surface area contributed by atoms with Crippen LogP contribution in [-0.2, 0) is 22.7 Å². The van der Waals surface area contributed by atoms with Crippen molar-refractivity contribution in [1.29, 1.82) is 0 Å². The second-order valence-electron chi connectivity index (χ2n) is 5.26. The van der Waals surface area contributed by atoms with Crippen molar-refractivity contribution >= 4 is 5.97 Å². The third-order valence-corrected chi connectivity index (χ3v) is 3.45. The van der Waals surface area contributed by atoms with E-state index in [-0.39, 0.29) is 19.6 Å². The molecule has 1 aromatic carbocycles. The van der Waals surface area contributed by atoms with Crippen molar-refractivity contribution < 1.29 is 14.1 Å². The predicted octanol–water partition coefficient (Wildman–Crippen LogP) is 1.33. The van der Waals surface area contributed by atoms with Crippen molar-refractivity contribution in [3.63, 3.8) is 0 Å². The Morgan fingerprint density at radius 1 is 1.20 bits per heavy atom. The molecule has 2 aromatic heterocycles. The Labute approximate surface area is 141 Å². The Kier molecular flexibility index (Phi) is 4.89. The minimum atomic E-state index is -0.565. The maximum Gasteiger partial charge on any atom is 0.328 e. The molecule has 0 bridgehead atoms. The molecule has 0 radical (unpaired) electrons. The number of benzene rings is 1. The van der Waals surface area contributed by atoms with Gasteiger partial charge in [-0.25, -0.2) is 4.79 Å². The van der Waals surface area contributed by atoms with Gasteiger partial charge in [-0.1, -0.05) is 35.5 Å². The zero-order valence-electron chi connectivity index (χ0n) is 13.2. The van der Waals surface area contributed by atoms with Crippen LogP contribution in [0.1, 0.15) is 12.1 Å². The molecule has 0 aliphatic rings. The molecular weight excluding hydrogens is 326 g/mol. The van der Waals surface area contributed by atoms with E-state index < -0.39 is 17.2 Å². The van der Waals surface area contributed by atoms with E-state index in [4.69, 9.17) is 9.26 Å². The average Bonchev–Trinajstić information content (AvgIpc) is 3.09. The number of aromatic nitrogens is 3. The topological polar surface area (TPSA) is 107 Å². The van der Waals surface area contributed by atoms with E-state index in [1.807, 2.05) is 30.3 Å². The highest BCUT2D eigenvalue weighted by molar-refractivity contribution is 5.69. The fourth-order valence-corrected chi connectivity index (χ4v) is 2.18. The summed E-state index contributed by atoms with van der Waals surface area (Å²) >= 11 is 0. The van der Waals surface area contributed by atoms with E-state index in [1.54, 1.807) is 6.07 Å². The van der Waals surface area contributed by atoms with Gasteiger partial charge < -0.3 is 13.8 Å². The molecule has 8 heteroatoms. The molecule has 1 N–H and O–H groups in total. The highest BCUT2D eigenvalue weighted by Crippen LogP contribution is 2.19. The fraction of sp³-hybridized carbons (Fsp3) is 0.176. The van der Waals surface area contributed by atoms with Gasteiger partial charge in [-0.2, -0.15) is 0 Å². The summed E-state index contributed by atoms with van der Waals surface area (Å²) in [6.45, 7) is 0.0955. The number of carbonyl (C=O) groups is 1. The number of hydrogen-bond donors (Lipinski definition) is 1. The van der Waals surface area contributed by atoms with Gasteiger partial charge in [0.25, 0.3) is 5.56 Å². The molecule has 3 aromatic rings. The van der Waals surface area contributed by atoms with Crippen LogP contribution in [0.2, 0.25) is 0 Å². The van der Waals surface area contributed by atoms with Crippen LogP contribution in [0.25, 0.3) is 11.3 Å². The third kappa shape index (κ3) is 4.31. The van der Waals surface area contributed by atoms with Gasteiger partial charge in [0, 0.05) is 30.4 Å². The highest BCUT2D eigenvalue weighted by atomic mass is 16.5. The second kappa shape index (κ2) is 7.43. The molecule has 0 amide bonds. The minimum absolute atomic E-state index is 0.00462. The maximum absolute atomic E-state index is 11.8. The summed E-state index contributed by atoms with van der Waals surface area (Å²) in [6.07, 6.45) is 1.33. The molecule has 3 rings (SSSR count). The normalized spacial score (nSPS) is 10.6. The molecule has 0 atom stereocenters. The zero-order chi connectivity index (χ0) is 17.6. The molecule has 0 spiro atoms.